The van der Waals surface area contributed by atoms with Crippen LogP contribution in [0.25, 0.3) is 0 Å². The highest BCUT2D eigenvalue weighted by Gasteiger charge is 2.30. The van der Waals surface area contributed by atoms with Gasteiger partial charge in [-0.3, -0.25) is 4.98 Å². The van der Waals surface area contributed by atoms with Crippen molar-refractivity contribution in [3.05, 3.63) is 30.1 Å². The summed E-state index contributed by atoms with van der Waals surface area (Å²) in [6.07, 6.45) is 3.44. The van der Waals surface area contributed by atoms with Crippen LogP contribution in [0.5, 0.6) is 0 Å². The number of piperidine rings is 1. The lowest BCUT2D eigenvalue weighted by atomic mass is 9.91. The van der Waals surface area contributed by atoms with Crippen LogP contribution in [0.4, 0.5) is 0 Å². The minimum Gasteiger partial charge on any atom is -0.467 e. The first kappa shape index (κ1) is 14.9. The molecule has 5 nitrogen and oxygen atoms in total. The topological polar surface area (TPSA) is 62.7 Å². The van der Waals surface area contributed by atoms with Gasteiger partial charge in [-0.15, -0.1) is 0 Å². The van der Waals surface area contributed by atoms with Gasteiger partial charge < -0.3 is 14.7 Å². The van der Waals surface area contributed by atoms with E-state index in [0.29, 0.717) is 0 Å². The number of methoxy groups -OCH3 is 1. The number of nitrogens with zero attached hydrogens (tertiary/aromatic N) is 2. The maximum atomic E-state index is 11.3. The first-order chi connectivity index (χ1) is 9.70. The molecule has 0 aliphatic carbocycles. The van der Waals surface area contributed by atoms with E-state index in [4.69, 9.17) is 0 Å². The van der Waals surface area contributed by atoms with Crippen molar-refractivity contribution in [1.82, 2.24) is 9.88 Å². The number of aliphatic hydroxyl groups excluding tert-OH is 1. The fourth-order valence-electron chi connectivity index (χ4n) is 2.62. The normalized spacial score (nSPS) is 18.7. The average Bonchev–Trinajstić information content (AvgIpc) is 2.53. The third kappa shape index (κ3) is 4.02. The number of hydrogen-bond acceptors (Lipinski definition) is 5. The Morgan fingerprint density at radius 3 is 2.85 bits per heavy atom. The van der Waals surface area contributed by atoms with Crippen LogP contribution < -0.4 is 0 Å². The zero-order valence-electron chi connectivity index (χ0n) is 11.9. The van der Waals surface area contributed by atoms with Crippen LogP contribution in [0.1, 0.15) is 18.5 Å². The summed E-state index contributed by atoms with van der Waals surface area (Å²) < 4.78 is 4.59. The van der Waals surface area contributed by atoms with Crippen LogP contribution in [0.15, 0.2) is 24.4 Å². The van der Waals surface area contributed by atoms with E-state index in [9.17, 15) is 9.90 Å². The monoisotopic (exact) mass is 278 g/mol. The maximum Gasteiger partial charge on any atom is 0.334 e. The molecule has 1 saturated heterocycles. The van der Waals surface area contributed by atoms with Gasteiger partial charge in [0.25, 0.3) is 0 Å². The maximum absolute atomic E-state index is 11.3. The standard InChI is InChI=1S/C15H22N2O3/c1-20-15(19)14(18)12-5-9-17(10-6-12)11-7-13-4-2-3-8-16-13/h2-4,8,12,14,18H,5-7,9-11H2,1H3/t14-/m1/s1. The lowest BCUT2D eigenvalue weighted by Crippen LogP contribution is -2.41. The largest absolute Gasteiger partial charge is 0.467 e. The molecule has 0 unspecified atom stereocenters. The number of aromatic nitrogens is 1. The van der Waals surface area contributed by atoms with Gasteiger partial charge in [-0.1, -0.05) is 6.07 Å². The predicted molar refractivity (Wildman–Crippen MR) is 75.1 cm³/mol. The minimum atomic E-state index is -0.974. The fraction of sp³-hybridized carbons (Fsp3) is 0.600. The first-order valence-corrected chi connectivity index (χ1v) is 7.09. The molecule has 1 aliphatic rings. The Bertz CT molecular complexity index is 416. The Morgan fingerprint density at radius 2 is 2.25 bits per heavy atom. The van der Waals surface area contributed by atoms with Crippen LogP contribution in [-0.2, 0) is 16.0 Å². The molecule has 1 N–H and O–H groups in total. The highest BCUT2D eigenvalue weighted by molar-refractivity contribution is 5.74. The summed E-state index contributed by atoms with van der Waals surface area (Å²) in [7, 11) is 1.31. The zero-order chi connectivity index (χ0) is 14.4. The van der Waals surface area contributed by atoms with Crippen LogP contribution in [0.2, 0.25) is 0 Å². The molecule has 1 aromatic rings. The molecular formula is C15H22N2O3. The lowest BCUT2D eigenvalue weighted by Gasteiger charge is -2.33. The number of esters is 1. The molecule has 20 heavy (non-hydrogen) atoms. The highest BCUT2D eigenvalue weighted by Crippen LogP contribution is 2.21. The van der Waals surface area contributed by atoms with Crippen molar-refractivity contribution in [2.75, 3.05) is 26.7 Å². The van der Waals surface area contributed by atoms with Gasteiger partial charge in [-0.25, -0.2) is 4.79 Å². The van der Waals surface area contributed by atoms with Crippen molar-refractivity contribution in [2.24, 2.45) is 5.92 Å². The van der Waals surface area contributed by atoms with Gasteiger partial charge in [0.05, 0.1) is 7.11 Å². The van der Waals surface area contributed by atoms with Gasteiger partial charge in [-0.2, -0.15) is 0 Å². The van der Waals surface area contributed by atoms with E-state index < -0.39 is 12.1 Å². The summed E-state index contributed by atoms with van der Waals surface area (Å²) in [5, 5.41) is 9.83. The molecule has 0 radical (unpaired) electrons. The van der Waals surface area contributed by atoms with Gasteiger partial charge in [0, 0.05) is 24.9 Å². The lowest BCUT2D eigenvalue weighted by molar-refractivity contribution is -0.154. The van der Waals surface area contributed by atoms with Crippen LogP contribution in [0, 0.1) is 5.92 Å². The van der Waals surface area contributed by atoms with Gasteiger partial charge in [0.1, 0.15) is 0 Å². The van der Waals surface area contributed by atoms with E-state index in [0.717, 1.165) is 44.6 Å². The van der Waals surface area contributed by atoms with Crippen molar-refractivity contribution in [1.29, 1.82) is 0 Å². The molecule has 0 amide bonds. The number of hydrogen-bond donors (Lipinski definition) is 1. The van der Waals surface area contributed by atoms with Crippen molar-refractivity contribution in [3.63, 3.8) is 0 Å². The van der Waals surface area contributed by atoms with Gasteiger partial charge in [0.15, 0.2) is 6.10 Å². The van der Waals surface area contributed by atoms with Gasteiger partial charge in [-0.05, 0) is 44.0 Å². The van der Waals surface area contributed by atoms with E-state index in [-0.39, 0.29) is 5.92 Å². The number of carbonyl (C=O) groups excluding carboxylic acids is 1. The van der Waals surface area contributed by atoms with E-state index >= 15 is 0 Å². The Balaban J connectivity index is 1.73. The van der Waals surface area contributed by atoms with Crippen molar-refractivity contribution >= 4 is 5.97 Å². The van der Waals surface area contributed by atoms with Crippen molar-refractivity contribution in [2.45, 2.75) is 25.4 Å². The minimum absolute atomic E-state index is 0.0218. The molecule has 0 saturated carbocycles. The number of likely N-dealkylation sites (tertiary alicyclic amines) is 1. The second-order valence-electron chi connectivity index (χ2n) is 5.22. The number of aliphatic hydroxyl groups is 1. The van der Waals surface area contributed by atoms with Crippen LogP contribution in [-0.4, -0.2) is 53.8 Å². The third-order valence-electron chi connectivity index (χ3n) is 3.93. The van der Waals surface area contributed by atoms with Crippen LogP contribution in [0.3, 0.4) is 0 Å². The Morgan fingerprint density at radius 1 is 1.50 bits per heavy atom. The van der Waals surface area contributed by atoms with Crippen molar-refractivity contribution in [3.8, 4) is 0 Å². The number of carbonyl (C=O) groups is 1. The SMILES string of the molecule is COC(=O)[C@H](O)C1CCN(CCc2ccccn2)CC1. The second kappa shape index (κ2) is 7.36. The Kier molecular flexibility index (Phi) is 5.49. The third-order valence-corrected chi connectivity index (χ3v) is 3.93. The molecule has 2 heterocycles. The Hall–Kier alpha value is -1.46. The first-order valence-electron chi connectivity index (χ1n) is 7.09. The molecule has 0 spiro atoms. The predicted octanol–water partition coefficient (Wildman–Crippen LogP) is 0.870. The number of pyridine rings is 1. The Labute approximate surface area is 119 Å². The average molecular weight is 278 g/mol. The van der Waals surface area contributed by atoms with E-state index in [2.05, 4.69) is 14.6 Å². The fourth-order valence-corrected chi connectivity index (χ4v) is 2.62. The van der Waals surface area contributed by atoms with Gasteiger partial charge in [0.2, 0.25) is 0 Å². The molecule has 2 rings (SSSR count). The second-order valence-corrected chi connectivity index (χ2v) is 5.22. The molecule has 1 aromatic heterocycles. The summed E-state index contributed by atoms with van der Waals surface area (Å²) in [5.41, 5.74) is 1.10. The van der Waals surface area contributed by atoms with E-state index in [1.165, 1.54) is 7.11 Å². The summed E-state index contributed by atoms with van der Waals surface area (Å²) in [4.78, 5) is 18.0. The van der Waals surface area contributed by atoms with E-state index in [1.54, 1.807) is 0 Å². The van der Waals surface area contributed by atoms with E-state index in [1.807, 2.05) is 24.4 Å². The summed E-state index contributed by atoms with van der Waals surface area (Å²) in [6, 6.07) is 5.96. The molecule has 1 fully saturated rings. The molecular weight excluding hydrogens is 256 g/mol. The van der Waals surface area contributed by atoms with Crippen molar-refractivity contribution < 1.29 is 14.6 Å². The zero-order valence-corrected chi connectivity index (χ0v) is 11.9. The van der Waals surface area contributed by atoms with Crippen LogP contribution >= 0.6 is 0 Å². The molecule has 0 bridgehead atoms. The number of ether oxygens (including phenoxy) is 1. The summed E-state index contributed by atoms with van der Waals surface area (Å²) in [6.45, 7) is 2.79. The van der Waals surface area contributed by atoms with Gasteiger partial charge >= 0.3 is 5.97 Å². The molecule has 1 atom stereocenters. The quantitative estimate of drug-likeness (QED) is 0.810. The summed E-state index contributed by atoms with van der Waals surface area (Å²) >= 11 is 0. The highest BCUT2D eigenvalue weighted by atomic mass is 16.5. The molecule has 0 aromatic carbocycles. The smallest absolute Gasteiger partial charge is 0.334 e. The summed E-state index contributed by atoms with van der Waals surface area (Å²) in [5.74, 6) is -0.495. The molecule has 110 valence electrons. The number of rotatable bonds is 5. The molecule has 1 aliphatic heterocycles. The molecule has 5 heteroatoms.